The van der Waals surface area contributed by atoms with Crippen LogP contribution in [0.3, 0.4) is 0 Å². The van der Waals surface area contributed by atoms with Crippen molar-refractivity contribution in [3.63, 3.8) is 0 Å². The van der Waals surface area contributed by atoms with Crippen LogP contribution in [0.4, 0.5) is 11.6 Å². The summed E-state index contributed by atoms with van der Waals surface area (Å²) in [6.45, 7) is 9.28. The smallest absolute Gasteiger partial charge is 0.270 e. The number of pyridine rings is 4. The number of aromatic amines is 2. The van der Waals surface area contributed by atoms with Crippen molar-refractivity contribution in [2.45, 2.75) is 38.9 Å². The molecule has 2 saturated heterocycles. The maximum atomic E-state index is 12.7. The van der Waals surface area contributed by atoms with E-state index < -0.39 is 12.2 Å². The van der Waals surface area contributed by atoms with Crippen LogP contribution < -0.4 is 30.4 Å². The summed E-state index contributed by atoms with van der Waals surface area (Å²) >= 11 is 0. The van der Waals surface area contributed by atoms with Crippen LogP contribution in [0.5, 0.6) is 11.5 Å². The van der Waals surface area contributed by atoms with Gasteiger partial charge in [0.2, 0.25) is 11.8 Å². The summed E-state index contributed by atoms with van der Waals surface area (Å²) in [5.41, 5.74) is 2.93. The van der Waals surface area contributed by atoms with Crippen LogP contribution in [-0.2, 0) is 19.1 Å². The van der Waals surface area contributed by atoms with Crippen LogP contribution >= 0.6 is 0 Å². The summed E-state index contributed by atoms with van der Waals surface area (Å²) in [5.74, 6) is 2.40. The number of carbonyl (C=O) groups excluding carboxylic acids is 2. The molecule has 2 fully saturated rings. The highest BCUT2D eigenvalue weighted by Gasteiger charge is 2.25. The number of nitrogens with zero attached hydrogens (tertiary/aromatic N) is 12. The van der Waals surface area contributed by atoms with Gasteiger partial charge in [0.25, 0.3) is 11.1 Å². The summed E-state index contributed by atoms with van der Waals surface area (Å²) in [4.78, 5) is 73.7. The second-order valence-electron chi connectivity index (χ2n) is 16.6. The number of carbonyl (C=O) groups is 2. The molecule has 72 heavy (non-hydrogen) atoms. The van der Waals surface area contributed by atoms with Gasteiger partial charge in [0.05, 0.1) is 73.9 Å². The molecule has 2 atom stereocenters. The molecule has 0 aromatic carbocycles. The van der Waals surface area contributed by atoms with Crippen molar-refractivity contribution < 1.29 is 28.5 Å². The van der Waals surface area contributed by atoms with E-state index >= 15 is 0 Å². The molecule has 8 rings (SSSR count). The van der Waals surface area contributed by atoms with E-state index in [9.17, 15) is 19.2 Å². The molecule has 0 spiro atoms. The second kappa shape index (κ2) is 25.8. The Balaban J connectivity index is 0.000000211. The number of piperazine rings is 2. The first-order chi connectivity index (χ1) is 35.1. The van der Waals surface area contributed by atoms with Crippen molar-refractivity contribution in [2.75, 3.05) is 88.6 Å². The summed E-state index contributed by atoms with van der Waals surface area (Å²) in [6, 6.07) is 18.5. The zero-order valence-electron chi connectivity index (χ0n) is 39.9. The first-order valence-corrected chi connectivity index (χ1v) is 23.2. The molecule has 2 aliphatic heterocycles. The number of hydrogen-bond donors (Lipinski definition) is 2. The predicted octanol–water partition coefficient (Wildman–Crippen LogP) is 3.23. The third-order valence-electron chi connectivity index (χ3n) is 11.9. The molecule has 2 N–H and O–H groups in total. The minimum absolute atomic E-state index is 0.0263. The van der Waals surface area contributed by atoms with Gasteiger partial charge >= 0.3 is 0 Å². The first kappa shape index (κ1) is 51.3. The molecule has 8 heterocycles. The molecule has 0 aliphatic carbocycles. The minimum Gasteiger partial charge on any atom is -0.481 e. The van der Waals surface area contributed by atoms with Gasteiger partial charge in [-0.15, -0.1) is 0 Å². The number of amides is 2. The zero-order chi connectivity index (χ0) is 50.7. The molecule has 22 heteroatoms. The van der Waals surface area contributed by atoms with E-state index in [1.54, 1.807) is 63.2 Å². The van der Waals surface area contributed by atoms with Gasteiger partial charge in [-0.3, -0.25) is 29.1 Å². The van der Waals surface area contributed by atoms with E-state index in [4.69, 9.17) is 29.5 Å². The SMILES string of the molecule is Cc1c(O[C@@H](COCCC(=O)N2CCN(c3ccc(C#N)cn3)CC2)c2ccncc2)cn[nH]c1=O.Cc1c(O[C@H](COCCC(=O)N2CCN(c3ccc(C#N)cn3)CC2)c2ccncc2)cn[nH]c1=O. The third-order valence-corrected chi connectivity index (χ3v) is 11.9. The number of anilines is 2. The summed E-state index contributed by atoms with van der Waals surface area (Å²) in [6.07, 6.45) is 12.2. The maximum absolute atomic E-state index is 12.7. The van der Waals surface area contributed by atoms with Crippen LogP contribution in [0.25, 0.3) is 0 Å². The summed E-state index contributed by atoms with van der Waals surface area (Å²) in [7, 11) is 0. The quantitative estimate of drug-likeness (QED) is 0.117. The highest BCUT2D eigenvalue weighted by atomic mass is 16.5. The summed E-state index contributed by atoms with van der Waals surface area (Å²) in [5, 5.41) is 30.2. The average Bonchev–Trinajstić information content (AvgIpc) is 3.43. The fourth-order valence-electron chi connectivity index (χ4n) is 7.65. The number of nitriles is 2. The van der Waals surface area contributed by atoms with Gasteiger partial charge in [0, 0.05) is 89.5 Å². The van der Waals surface area contributed by atoms with Gasteiger partial charge in [0.15, 0.2) is 0 Å². The Morgan fingerprint density at radius 1 is 0.583 bits per heavy atom. The number of hydrogen-bond acceptors (Lipinski definition) is 18. The lowest BCUT2D eigenvalue weighted by molar-refractivity contribution is -0.133. The molecule has 2 aliphatic rings. The standard InChI is InChI=1S/2C25H27N7O4/c2*1-18-21(16-29-30-25(18)34)36-22(20-4-7-27-8-5-20)17-35-13-6-24(33)32-11-9-31(10-12-32)23-3-2-19(14-26)15-28-23/h2*2-5,7-8,15-16,22H,6,9-13,17H2,1H3,(H,30,34)/t2*22-/m10/s1. The van der Waals surface area contributed by atoms with Crippen LogP contribution in [0.2, 0.25) is 0 Å². The largest absolute Gasteiger partial charge is 0.481 e. The molecule has 0 bridgehead atoms. The van der Waals surface area contributed by atoms with Gasteiger partial charge in [-0.05, 0) is 73.5 Å². The fourth-order valence-corrected chi connectivity index (χ4v) is 7.65. The molecule has 2 amide bonds. The van der Waals surface area contributed by atoms with Gasteiger partial charge in [-0.25, -0.2) is 20.2 Å². The highest BCUT2D eigenvalue weighted by molar-refractivity contribution is 5.77. The van der Waals surface area contributed by atoms with E-state index in [2.05, 4.69) is 62.3 Å². The van der Waals surface area contributed by atoms with E-state index in [1.807, 2.05) is 46.2 Å². The van der Waals surface area contributed by atoms with Crippen molar-refractivity contribution in [3.05, 3.63) is 152 Å². The van der Waals surface area contributed by atoms with Crippen molar-refractivity contribution in [1.82, 2.24) is 50.1 Å². The van der Waals surface area contributed by atoms with Crippen LogP contribution in [-0.4, -0.2) is 141 Å². The molecule has 6 aromatic heterocycles. The predicted molar refractivity (Wildman–Crippen MR) is 261 cm³/mol. The van der Waals surface area contributed by atoms with E-state index in [0.717, 1.165) is 22.8 Å². The Bertz CT molecular complexity index is 2700. The maximum Gasteiger partial charge on any atom is 0.270 e. The lowest BCUT2D eigenvalue weighted by Gasteiger charge is -2.35. The number of H-pyrrole nitrogens is 2. The molecule has 372 valence electrons. The van der Waals surface area contributed by atoms with E-state index in [-0.39, 0.29) is 62.2 Å². The molecular weight excluding hydrogens is 925 g/mol. The minimum atomic E-state index is -0.492. The molecule has 6 aromatic rings. The Morgan fingerprint density at radius 2 is 0.972 bits per heavy atom. The average molecular weight is 979 g/mol. The van der Waals surface area contributed by atoms with Crippen LogP contribution in [0, 0.1) is 36.5 Å². The van der Waals surface area contributed by atoms with Crippen molar-refractivity contribution in [2.24, 2.45) is 0 Å². The highest BCUT2D eigenvalue weighted by Crippen LogP contribution is 2.25. The topological polar surface area (TPSA) is 275 Å². The van der Waals surface area contributed by atoms with Crippen LogP contribution in [0.15, 0.2) is 108 Å². The Kier molecular flexibility index (Phi) is 18.4. The molecular formula is C50H54N14O8. The zero-order valence-corrected chi connectivity index (χ0v) is 39.9. The third kappa shape index (κ3) is 14.2. The van der Waals surface area contributed by atoms with Gasteiger partial charge in [-0.2, -0.15) is 20.7 Å². The normalized spacial score (nSPS) is 14.2. The second-order valence-corrected chi connectivity index (χ2v) is 16.6. The molecule has 22 nitrogen and oxygen atoms in total. The summed E-state index contributed by atoms with van der Waals surface area (Å²) < 4.78 is 23.7. The molecule has 0 unspecified atom stereocenters. The Morgan fingerprint density at radius 3 is 1.32 bits per heavy atom. The number of nitrogens with one attached hydrogen (secondary N) is 2. The lowest BCUT2D eigenvalue weighted by Crippen LogP contribution is -2.49. The first-order valence-electron chi connectivity index (χ1n) is 23.2. The number of rotatable bonds is 18. The molecule has 0 radical (unpaired) electrons. The molecule has 0 saturated carbocycles. The lowest BCUT2D eigenvalue weighted by atomic mass is 10.1. The van der Waals surface area contributed by atoms with E-state index in [1.165, 1.54) is 12.4 Å². The van der Waals surface area contributed by atoms with Crippen LogP contribution in [0.1, 0.15) is 58.4 Å². The van der Waals surface area contributed by atoms with Gasteiger partial charge in [0.1, 0.15) is 47.5 Å². The fraction of sp³-hybridized carbons (Fsp3) is 0.360. The van der Waals surface area contributed by atoms with Crippen molar-refractivity contribution >= 4 is 23.5 Å². The van der Waals surface area contributed by atoms with Crippen molar-refractivity contribution in [3.8, 4) is 23.6 Å². The van der Waals surface area contributed by atoms with Crippen molar-refractivity contribution in [1.29, 1.82) is 10.5 Å². The van der Waals surface area contributed by atoms with Gasteiger partial charge < -0.3 is 38.5 Å². The Hall–Kier alpha value is -8.60. The Labute approximate surface area is 414 Å². The monoisotopic (exact) mass is 978 g/mol. The van der Waals surface area contributed by atoms with E-state index in [0.29, 0.717) is 86.1 Å². The van der Waals surface area contributed by atoms with Gasteiger partial charge in [-0.1, -0.05) is 0 Å². The number of aromatic nitrogens is 8. The number of ether oxygens (including phenoxy) is 4.